The number of nitrogens with two attached hydrogens (primary N) is 1. The summed E-state index contributed by atoms with van der Waals surface area (Å²) in [6, 6.07) is 2.16. The van der Waals surface area contributed by atoms with Crippen molar-refractivity contribution in [1.29, 1.82) is 0 Å². The fraction of sp³-hybridized carbons (Fsp3) is 0.692. The van der Waals surface area contributed by atoms with Gasteiger partial charge in [-0.3, -0.25) is 16.2 Å². The van der Waals surface area contributed by atoms with Gasteiger partial charge < -0.3 is 9.15 Å². The number of furan rings is 1. The second kappa shape index (κ2) is 5.84. The van der Waals surface area contributed by atoms with Crippen molar-refractivity contribution in [2.24, 2.45) is 5.84 Å². The monoisotopic (exact) mass is 253 g/mol. The Bertz CT molecular complexity index is 345. The molecule has 1 aromatic rings. The SMILES string of the molecule is CC(C)(C(Cc1ccoc1)NN)N1CCOCC1. The molecule has 5 heteroatoms. The van der Waals surface area contributed by atoms with Crippen LogP contribution in [0.15, 0.2) is 23.0 Å². The second-order valence-electron chi connectivity index (χ2n) is 5.31. The summed E-state index contributed by atoms with van der Waals surface area (Å²) in [4.78, 5) is 2.43. The lowest BCUT2D eigenvalue weighted by molar-refractivity contribution is -0.0233. The summed E-state index contributed by atoms with van der Waals surface area (Å²) in [7, 11) is 0. The van der Waals surface area contributed by atoms with Crippen molar-refractivity contribution < 1.29 is 9.15 Å². The summed E-state index contributed by atoms with van der Waals surface area (Å²) in [6.07, 6.45) is 4.34. The van der Waals surface area contributed by atoms with E-state index in [4.69, 9.17) is 15.0 Å². The number of ether oxygens (including phenoxy) is 1. The summed E-state index contributed by atoms with van der Waals surface area (Å²) in [6.45, 7) is 7.96. The zero-order chi connectivity index (χ0) is 13.0. The topological polar surface area (TPSA) is 63.7 Å². The number of hydrogen-bond donors (Lipinski definition) is 2. The summed E-state index contributed by atoms with van der Waals surface area (Å²) >= 11 is 0. The molecule has 1 aromatic heterocycles. The first-order valence-electron chi connectivity index (χ1n) is 6.44. The van der Waals surface area contributed by atoms with Crippen molar-refractivity contribution in [2.75, 3.05) is 26.3 Å². The first-order valence-corrected chi connectivity index (χ1v) is 6.44. The summed E-state index contributed by atoms with van der Waals surface area (Å²) in [5.74, 6) is 5.74. The quantitative estimate of drug-likeness (QED) is 0.599. The van der Waals surface area contributed by atoms with E-state index in [1.807, 2.05) is 6.07 Å². The lowest BCUT2D eigenvalue weighted by Crippen LogP contribution is -2.62. The van der Waals surface area contributed by atoms with Gasteiger partial charge in [0.2, 0.25) is 0 Å². The van der Waals surface area contributed by atoms with Crippen LogP contribution in [0, 0.1) is 0 Å². The molecule has 0 radical (unpaired) electrons. The average molecular weight is 253 g/mol. The third kappa shape index (κ3) is 2.92. The zero-order valence-corrected chi connectivity index (χ0v) is 11.2. The summed E-state index contributed by atoms with van der Waals surface area (Å²) < 4.78 is 10.5. The first-order chi connectivity index (χ1) is 8.64. The minimum absolute atomic E-state index is 0.0181. The number of hydrogen-bond acceptors (Lipinski definition) is 5. The molecule has 102 valence electrons. The number of hydrazine groups is 1. The van der Waals surface area contributed by atoms with Crippen LogP contribution >= 0.6 is 0 Å². The molecule has 0 aromatic carbocycles. The van der Waals surface area contributed by atoms with Crippen molar-refractivity contribution in [3.63, 3.8) is 0 Å². The van der Waals surface area contributed by atoms with Crippen LogP contribution in [0.3, 0.4) is 0 Å². The van der Waals surface area contributed by atoms with Gasteiger partial charge in [0.1, 0.15) is 0 Å². The highest BCUT2D eigenvalue weighted by molar-refractivity contribution is 5.10. The van der Waals surface area contributed by atoms with E-state index in [1.54, 1.807) is 12.5 Å². The van der Waals surface area contributed by atoms with Crippen LogP contribution in [-0.4, -0.2) is 42.8 Å². The van der Waals surface area contributed by atoms with E-state index in [-0.39, 0.29) is 11.6 Å². The van der Waals surface area contributed by atoms with Crippen molar-refractivity contribution in [3.8, 4) is 0 Å². The van der Waals surface area contributed by atoms with Gasteiger partial charge >= 0.3 is 0 Å². The molecule has 1 aliphatic heterocycles. The molecule has 0 saturated carbocycles. The van der Waals surface area contributed by atoms with Crippen LogP contribution in [0.25, 0.3) is 0 Å². The highest BCUT2D eigenvalue weighted by Crippen LogP contribution is 2.23. The van der Waals surface area contributed by atoms with E-state index in [1.165, 1.54) is 5.56 Å². The zero-order valence-electron chi connectivity index (χ0n) is 11.2. The Morgan fingerprint density at radius 1 is 1.44 bits per heavy atom. The van der Waals surface area contributed by atoms with E-state index < -0.39 is 0 Å². The van der Waals surface area contributed by atoms with Gasteiger partial charge in [0, 0.05) is 24.7 Å². The van der Waals surface area contributed by atoms with Gasteiger partial charge in [-0.1, -0.05) is 0 Å². The Balaban J connectivity index is 2.04. The normalized spacial score (nSPS) is 19.9. The van der Waals surface area contributed by atoms with Gasteiger partial charge in [0.15, 0.2) is 0 Å². The van der Waals surface area contributed by atoms with Crippen molar-refractivity contribution >= 4 is 0 Å². The molecule has 0 amide bonds. The minimum atomic E-state index is -0.0181. The van der Waals surface area contributed by atoms with E-state index >= 15 is 0 Å². The third-order valence-electron chi connectivity index (χ3n) is 3.90. The molecule has 1 aliphatic rings. The van der Waals surface area contributed by atoms with Gasteiger partial charge in [-0.25, -0.2) is 0 Å². The fourth-order valence-electron chi connectivity index (χ4n) is 2.52. The lowest BCUT2D eigenvalue weighted by Gasteiger charge is -2.45. The Labute approximate surface area is 108 Å². The van der Waals surface area contributed by atoms with Crippen LogP contribution in [0.2, 0.25) is 0 Å². The molecule has 1 unspecified atom stereocenters. The Morgan fingerprint density at radius 2 is 2.17 bits per heavy atom. The number of rotatable bonds is 5. The average Bonchev–Trinajstić information content (AvgIpc) is 2.89. The second-order valence-corrected chi connectivity index (χ2v) is 5.31. The van der Waals surface area contributed by atoms with Crippen molar-refractivity contribution in [2.45, 2.75) is 31.8 Å². The standard InChI is InChI=1S/C13H23N3O2/c1-13(2,16-4-7-17-8-5-16)12(15-14)9-11-3-6-18-10-11/h3,6,10,12,15H,4-5,7-9,14H2,1-2H3. The van der Waals surface area contributed by atoms with Crippen LogP contribution in [0.4, 0.5) is 0 Å². The molecule has 2 heterocycles. The van der Waals surface area contributed by atoms with Gasteiger partial charge in [-0.15, -0.1) is 0 Å². The number of morpholine rings is 1. The molecule has 3 N–H and O–H groups in total. The predicted octanol–water partition coefficient (Wildman–Crippen LogP) is 0.765. The first kappa shape index (κ1) is 13.5. The maximum Gasteiger partial charge on any atom is 0.0935 e. The van der Waals surface area contributed by atoms with E-state index in [0.717, 1.165) is 32.7 Å². The molecule has 1 fully saturated rings. The summed E-state index contributed by atoms with van der Waals surface area (Å²) in [5, 5.41) is 0. The summed E-state index contributed by atoms with van der Waals surface area (Å²) in [5.41, 5.74) is 4.10. The third-order valence-corrected chi connectivity index (χ3v) is 3.90. The molecule has 1 atom stereocenters. The molecule has 5 nitrogen and oxygen atoms in total. The molecular formula is C13H23N3O2. The van der Waals surface area contributed by atoms with Gasteiger partial charge in [-0.05, 0) is 31.9 Å². The minimum Gasteiger partial charge on any atom is -0.472 e. The highest BCUT2D eigenvalue weighted by Gasteiger charge is 2.35. The number of nitrogens with zero attached hydrogens (tertiary/aromatic N) is 1. The van der Waals surface area contributed by atoms with E-state index in [2.05, 4.69) is 24.2 Å². The maximum absolute atomic E-state index is 5.74. The van der Waals surface area contributed by atoms with Crippen LogP contribution < -0.4 is 11.3 Å². The predicted molar refractivity (Wildman–Crippen MR) is 70.0 cm³/mol. The smallest absolute Gasteiger partial charge is 0.0935 e. The van der Waals surface area contributed by atoms with Crippen LogP contribution in [-0.2, 0) is 11.2 Å². The molecule has 1 saturated heterocycles. The van der Waals surface area contributed by atoms with Crippen molar-refractivity contribution in [3.05, 3.63) is 24.2 Å². The lowest BCUT2D eigenvalue weighted by atomic mass is 9.88. The van der Waals surface area contributed by atoms with E-state index in [0.29, 0.717) is 0 Å². The van der Waals surface area contributed by atoms with Crippen LogP contribution in [0.5, 0.6) is 0 Å². The van der Waals surface area contributed by atoms with E-state index in [9.17, 15) is 0 Å². The maximum atomic E-state index is 5.74. The van der Waals surface area contributed by atoms with Crippen molar-refractivity contribution in [1.82, 2.24) is 10.3 Å². The molecule has 18 heavy (non-hydrogen) atoms. The van der Waals surface area contributed by atoms with Gasteiger partial charge in [-0.2, -0.15) is 0 Å². The molecule has 0 spiro atoms. The Morgan fingerprint density at radius 3 is 2.72 bits per heavy atom. The van der Waals surface area contributed by atoms with Gasteiger partial charge in [0.25, 0.3) is 0 Å². The largest absolute Gasteiger partial charge is 0.472 e. The molecular weight excluding hydrogens is 230 g/mol. The molecule has 0 bridgehead atoms. The highest BCUT2D eigenvalue weighted by atomic mass is 16.5. The van der Waals surface area contributed by atoms with Crippen LogP contribution in [0.1, 0.15) is 19.4 Å². The Hall–Kier alpha value is -0.880. The number of nitrogens with one attached hydrogen (secondary N) is 1. The molecule has 2 rings (SSSR count). The molecule has 0 aliphatic carbocycles. The van der Waals surface area contributed by atoms with Gasteiger partial charge in [0.05, 0.1) is 25.7 Å². The Kier molecular flexibility index (Phi) is 4.40. The fourth-order valence-corrected chi connectivity index (χ4v) is 2.52.